The maximum atomic E-state index is 6.20. The number of anilines is 1. The lowest BCUT2D eigenvalue weighted by atomic mass is 9.84. The van der Waals surface area contributed by atoms with E-state index < -0.39 is 0 Å². The van der Waals surface area contributed by atoms with Gasteiger partial charge in [-0.2, -0.15) is 0 Å². The third kappa shape index (κ3) is 3.21. The topological polar surface area (TPSA) is 63.8 Å². The molecule has 4 rings (SSSR count). The number of nitrogens with two attached hydrogens (primary N) is 1. The Morgan fingerprint density at radius 3 is 2.72 bits per heavy atom. The number of nitrogens with zero attached hydrogens (tertiary/aromatic N) is 2. The predicted octanol–water partition coefficient (Wildman–Crippen LogP) is 4.27. The summed E-state index contributed by atoms with van der Waals surface area (Å²) < 4.78 is 0. The Kier molecular flexibility index (Phi) is 4.34. The molecular formula is C19H16Cl2N4. The monoisotopic (exact) mass is 370 g/mol. The van der Waals surface area contributed by atoms with Crippen molar-refractivity contribution in [2.75, 3.05) is 12.3 Å². The molecule has 0 bridgehead atoms. The van der Waals surface area contributed by atoms with Crippen LogP contribution in [0.2, 0.25) is 10.0 Å². The summed E-state index contributed by atoms with van der Waals surface area (Å²) in [5.41, 5.74) is 11.2. The Morgan fingerprint density at radius 1 is 1.04 bits per heavy atom. The highest BCUT2D eigenvalue weighted by molar-refractivity contribution is 6.42. The van der Waals surface area contributed by atoms with Crippen molar-refractivity contribution in [2.24, 2.45) is 0 Å². The largest absolute Gasteiger partial charge is 0.382 e. The van der Waals surface area contributed by atoms with Crippen molar-refractivity contribution < 1.29 is 0 Å². The molecule has 0 fully saturated rings. The number of halogens is 2. The van der Waals surface area contributed by atoms with E-state index in [4.69, 9.17) is 28.9 Å². The molecule has 2 heterocycles. The van der Waals surface area contributed by atoms with Gasteiger partial charge in [0, 0.05) is 24.6 Å². The van der Waals surface area contributed by atoms with Gasteiger partial charge in [-0.3, -0.25) is 4.98 Å². The lowest BCUT2D eigenvalue weighted by Gasteiger charge is -2.27. The van der Waals surface area contributed by atoms with Gasteiger partial charge >= 0.3 is 0 Å². The highest BCUT2D eigenvalue weighted by Crippen LogP contribution is 2.35. The van der Waals surface area contributed by atoms with Gasteiger partial charge in [0.15, 0.2) is 0 Å². The Bertz CT molecular complexity index is 942. The van der Waals surface area contributed by atoms with Crippen LogP contribution in [-0.4, -0.2) is 16.5 Å². The molecule has 126 valence electrons. The van der Waals surface area contributed by atoms with Gasteiger partial charge in [0.2, 0.25) is 0 Å². The minimum atomic E-state index is 0.236. The van der Waals surface area contributed by atoms with Crippen LogP contribution in [0.5, 0.6) is 0 Å². The number of rotatable bonds is 2. The maximum absolute atomic E-state index is 6.20. The molecule has 1 unspecified atom stereocenters. The summed E-state index contributed by atoms with van der Waals surface area (Å²) in [6.45, 7) is 1.68. The Labute approximate surface area is 156 Å². The smallest absolute Gasteiger partial charge is 0.142 e. The summed E-state index contributed by atoms with van der Waals surface area (Å²) in [6, 6.07) is 12.2. The zero-order valence-corrected chi connectivity index (χ0v) is 14.8. The number of nitrogen functional groups attached to an aromatic ring is 1. The molecule has 6 heteroatoms. The molecule has 0 amide bonds. The number of fused-ring (bicyclic) bond motifs is 1. The predicted molar refractivity (Wildman–Crippen MR) is 102 cm³/mol. The van der Waals surface area contributed by atoms with E-state index in [9.17, 15) is 0 Å². The fraction of sp³-hybridized carbons (Fsp3) is 0.158. The molecule has 1 atom stereocenters. The fourth-order valence-corrected chi connectivity index (χ4v) is 3.57. The van der Waals surface area contributed by atoms with E-state index in [1.165, 1.54) is 11.1 Å². The maximum Gasteiger partial charge on any atom is 0.142 e. The van der Waals surface area contributed by atoms with Crippen LogP contribution < -0.4 is 11.1 Å². The summed E-state index contributed by atoms with van der Waals surface area (Å²) in [5.74, 6) is 0.654. The zero-order valence-electron chi connectivity index (χ0n) is 13.3. The van der Waals surface area contributed by atoms with Crippen molar-refractivity contribution in [3.8, 4) is 11.3 Å². The van der Waals surface area contributed by atoms with Gasteiger partial charge in [-0.15, -0.1) is 0 Å². The van der Waals surface area contributed by atoms with E-state index in [0.29, 0.717) is 15.9 Å². The van der Waals surface area contributed by atoms with Gasteiger partial charge in [0.1, 0.15) is 5.82 Å². The quantitative estimate of drug-likeness (QED) is 0.706. The minimum absolute atomic E-state index is 0.236. The van der Waals surface area contributed by atoms with Crippen LogP contribution in [0.15, 0.2) is 48.8 Å². The van der Waals surface area contributed by atoms with Crippen molar-refractivity contribution >= 4 is 29.0 Å². The van der Waals surface area contributed by atoms with Crippen molar-refractivity contribution in [1.29, 1.82) is 0 Å². The van der Waals surface area contributed by atoms with Crippen molar-refractivity contribution in [1.82, 2.24) is 15.3 Å². The molecule has 0 saturated carbocycles. The lowest BCUT2D eigenvalue weighted by Crippen LogP contribution is -2.28. The summed E-state index contributed by atoms with van der Waals surface area (Å²) in [7, 11) is 0. The second-order valence-corrected chi connectivity index (χ2v) is 6.91. The van der Waals surface area contributed by atoms with Crippen molar-refractivity contribution in [3.63, 3.8) is 0 Å². The highest BCUT2D eigenvalue weighted by Gasteiger charge is 2.22. The molecule has 1 aliphatic rings. The van der Waals surface area contributed by atoms with Crippen LogP contribution in [-0.2, 0) is 6.54 Å². The van der Waals surface area contributed by atoms with E-state index >= 15 is 0 Å². The van der Waals surface area contributed by atoms with Crippen LogP contribution in [0, 0.1) is 0 Å². The molecule has 3 N–H and O–H groups in total. The average molecular weight is 371 g/mol. The normalized spacial score (nSPS) is 16.5. The van der Waals surface area contributed by atoms with Crippen LogP contribution in [0.4, 0.5) is 5.82 Å². The van der Waals surface area contributed by atoms with Crippen LogP contribution in [0.25, 0.3) is 11.3 Å². The molecule has 0 aliphatic carbocycles. The van der Waals surface area contributed by atoms with Gasteiger partial charge in [-0.05, 0) is 34.9 Å². The third-order valence-electron chi connectivity index (χ3n) is 4.48. The first-order valence-corrected chi connectivity index (χ1v) is 8.74. The second-order valence-electron chi connectivity index (χ2n) is 6.10. The van der Waals surface area contributed by atoms with E-state index in [0.717, 1.165) is 29.9 Å². The van der Waals surface area contributed by atoms with Gasteiger partial charge < -0.3 is 11.1 Å². The van der Waals surface area contributed by atoms with E-state index in [2.05, 4.69) is 33.5 Å². The molecule has 1 aromatic heterocycles. The third-order valence-corrected chi connectivity index (χ3v) is 5.22. The van der Waals surface area contributed by atoms with Crippen molar-refractivity contribution in [2.45, 2.75) is 12.5 Å². The Balaban J connectivity index is 1.74. The number of hydrogen-bond acceptors (Lipinski definition) is 4. The fourth-order valence-electron chi connectivity index (χ4n) is 3.27. The molecule has 0 saturated heterocycles. The molecular weight excluding hydrogens is 355 g/mol. The van der Waals surface area contributed by atoms with Crippen molar-refractivity contribution in [3.05, 3.63) is 75.5 Å². The van der Waals surface area contributed by atoms with E-state index in [1.54, 1.807) is 12.4 Å². The van der Waals surface area contributed by atoms with Gasteiger partial charge in [0.25, 0.3) is 0 Å². The first-order valence-electron chi connectivity index (χ1n) is 7.98. The average Bonchev–Trinajstić information content (AvgIpc) is 2.63. The van der Waals surface area contributed by atoms with Gasteiger partial charge in [-0.25, -0.2) is 4.98 Å². The molecule has 0 spiro atoms. The molecule has 25 heavy (non-hydrogen) atoms. The first kappa shape index (κ1) is 16.3. The van der Waals surface area contributed by atoms with Gasteiger partial charge in [-0.1, -0.05) is 41.4 Å². The van der Waals surface area contributed by atoms with E-state index in [1.807, 2.05) is 18.2 Å². The SMILES string of the molecule is Nc1cncc(-c2ccc3c(c2)CNCC3c2ccc(Cl)c(Cl)c2)n1. The number of benzene rings is 2. The van der Waals surface area contributed by atoms with Gasteiger partial charge in [0.05, 0.1) is 28.1 Å². The highest BCUT2D eigenvalue weighted by atomic mass is 35.5. The van der Waals surface area contributed by atoms with Crippen LogP contribution in [0.3, 0.4) is 0 Å². The standard InChI is InChI=1S/C19H16Cl2N4/c20-16-4-2-11(6-17(16)21)15-8-23-7-13-5-12(1-3-14(13)15)18-9-24-10-19(22)25-18/h1-6,9-10,15,23H,7-8H2,(H2,22,25). The molecule has 2 aromatic carbocycles. The molecule has 0 radical (unpaired) electrons. The number of nitrogens with one attached hydrogen (secondary N) is 1. The number of aromatic nitrogens is 2. The minimum Gasteiger partial charge on any atom is -0.382 e. The first-order chi connectivity index (χ1) is 12.1. The summed E-state index contributed by atoms with van der Waals surface area (Å²) in [5, 5.41) is 4.63. The molecule has 1 aliphatic heterocycles. The van der Waals surface area contributed by atoms with E-state index in [-0.39, 0.29) is 5.92 Å². The lowest BCUT2D eigenvalue weighted by molar-refractivity contribution is 0.591. The molecule has 4 nitrogen and oxygen atoms in total. The number of hydrogen-bond donors (Lipinski definition) is 2. The van der Waals surface area contributed by atoms with Crippen LogP contribution >= 0.6 is 23.2 Å². The Morgan fingerprint density at radius 2 is 1.92 bits per heavy atom. The second kappa shape index (κ2) is 6.64. The zero-order chi connectivity index (χ0) is 17.4. The summed E-state index contributed by atoms with van der Waals surface area (Å²) in [4.78, 5) is 8.48. The Hall–Kier alpha value is -2.14. The summed E-state index contributed by atoms with van der Waals surface area (Å²) in [6.07, 6.45) is 3.27. The molecule has 3 aromatic rings. The van der Waals surface area contributed by atoms with Crippen LogP contribution in [0.1, 0.15) is 22.6 Å². The summed E-state index contributed by atoms with van der Waals surface area (Å²) >= 11 is 12.3.